The molecular formula is C15H19ClN4O2. The highest BCUT2D eigenvalue weighted by molar-refractivity contribution is 6.30. The number of hydrogen-bond donors (Lipinski definition) is 1. The molecule has 6 nitrogen and oxygen atoms in total. The minimum atomic E-state index is -0.180. The molecule has 0 aliphatic carbocycles. The number of nitrogens with one attached hydrogen (secondary N) is 1. The Hall–Kier alpha value is -2.08. The Kier molecular flexibility index (Phi) is 5.77. The predicted molar refractivity (Wildman–Crippen MR) is 83.7 cm³/mol. The second-order valence-electron chi connectivity index (χ2n) is 5.24. The van der Waals surface area contributed by atoms with Gasteiger partial charge in [0.05, 0.1) is 25.0 Å². The van der Waals surface area contributed by atoms with Gasteiger partial charge in [-0.25, -0.2) is 0 Å². The molecule has 1 aromatic carbocycles. The van der Waals surface area contributed by atoms with Crippen molar-refractivity contribution < 1.29 is 9.53 Å². The molecule has 2 aromatic rings. The van der Waals surface area contributed by atoms with Gasteiger partial charge in [-0.05, 0) is 30.2 Å². The lowest BCUT2D eigenvalue weighted by molar-refractivity contribution is -0.124. The highest BCUT2D eigenvalue weighted by Crippen LogP contribution is 2.15. The summed E-state index contributed by atoms with van der Waals surface area (Å²) in [6, 6.07) is 6.82. The topological polar surface area (TPSA) is 69.0 Å². The summed E-state index contributed by atoms with van der Waals surface area (Å²) in [5, 5.41) is 11.7. The van der Waals surface area contributed by atoms with Gasteiger partial charge in [0.2, 0.25) is 0 Å². The van der Waals surface area contributed by atoms with Gasteiger partial charge in [-0.1, -0.05) is 25.4 Å². The zero-order valence-electron chi connectivity index (χ0n) is 12.6. The summed E-state index contributed by atoms with van der Waals surface area (Å²) >= 11 is 5.80. The van der Waals surface area contributed by atoms with Crippen LogP contribution in [-0.2, 0) is 11.3 Å². The van der Waals surface area contributed by atoms with Gasteiger partial charge in [0.1, 0.15) is 5.75 Å². The molecule has 1 atom stereocenters. The molecule has 0 saturated carbocycles. The maximum atomic E-state index is 12.0. The number of benzene rings is 1. The number of halogens is 1. The van der Waals surface area contributed by atoms with Crippen LogP contribution in [0.3, 0.4) is 0 Å². The largest absolute Gasteiger partial charge is 0.484 e. The van der Waals surface area contributed by atoms with Gasteiger partial charge in [0.25, 0.3) is 5.91 Å². The quantitative estimate of drug-likeness (QED) is 0.848. The first-order valence-electron chi connectivity index (χ1n) is 7.06. The van der Waals surface area contributed by atoms with Crippen molar-refractivity contribution in [2.45, 2.75) is 26.4 Å². The van der Waals surface area contributed by atoms with Crippen LogP contribution < -0.4 is 10.1 Å². The molecule has 1 N–H and O–H groups in total. The van der Waals surface area contributed by atoms with Gasteiger partial charge in [-0.2, -0.15) is 15.0 Å². The summed E-state index contributed by atoms with van der Waals surface area (Å²) in [4.78, 5) is 13.6. The van der Waals surface area contributed by atoms with Crippen LogP contribution in [0.25, 0.3) is 0 Å². The van der Waals surface area contributed by atoms with E-state index in [0.717, 1.165) is 0 Å². The summed E-state index contributed by atoms with van der Waals surface area (Å²) in [5.41, 5.74) is 0. The molecule has 0 aliphatic heterocycles. The second kappa shape index (κ2) is 7.79. The first-order valence-corrected chi connectivity index (χ1v) is 7.44. The maximum Gasteiger partial charge on any atom is 0.258 e. The van der Waals surface area contributed by atoms with Crippen molar-refractivity contribution in [3.63, 3.8) is 0 Å². The van der Waals surface area contributed by atoms with Crippen LogP contribution >= 0.6 is 11.6 Å². The molecule has 0 spiro atoms. The van der Waals surface area contributed by atoms with Crippen LogP contribution in [-0.4, -0.2) is 33.5 Å². The summed E-state index contributed by atoms with van der Waals surface area (Å²) < 4.78 is 5.43. The van der Waals surface area contributed by atoms with Gasteiger partial charge in [-0.3, -0.25) is 4.79 Å². The lowest BCUT2D eigenvalue weighted by Crippen LogP contribution is -2.44. The monoisotopic (exact) mass is 322 g/mol. The minimum absolute atomic E-state index is 0.0443. The first kappa shape index (κ1) is 16.3. The molecule has 0 radical (unpaired) electrons. The standard InChI is InChI=1S/C15H19ClN4O2/c1-11(2)14(9-20-17-7-8-18-20)19-15(21)10-22-13-5-3-12(16)4-6-13/h3-8,11,14H,9-10H2,1-2H3,(H,19,21). The third kappa shape index (κ3) is 5.04. The van der Waals surface area contributed by atoms with E-state index in [0.29, 0.717) is 17.3 Å². The zero-order chi connectivity index (χ0) is 15.9. The van der Waals surface area contributed by atoms with E-state index in [9.17, 15) is 4.79 Å². The van der Waals surface area contributed by atoms with Crippen LogP contribution in [0.5, 0.6) is 5.75 Å². The average molecular weight is 323 g/mol. The molecule has 2 rings (SSSR count). The van der Waals surface area contributed by atoms with Crippen molar-refractivity contribution in [2.75, 3.05) is 6.61 Å². The SMILES string of the molecule is CC(C)C(Cn1nccn1)NC(=O)COc1ccc(Cl)cc1. The molecule has 1 unspecified atom stereocenters. The summed E-state index contributed by atoms with van der Waals surface area (Å²) in [6.07, 6.45) is 3.23. The highest BCUT2D eigenvalue weighted by Gasteiger charge is 2.17. The van der Waals surface area contributed by atoms with E-state index in [2.05, 4.69) is 15.5 Å². The van der Waals surface area contributed by atoms with E-state index < -0.39 is 0 Å². The highest BCUT2D eigenvalue weighted by atomic mass is 35.5. The van der Waals surface area contributed by atoms with Crippen molar-refractivity contribution in [3.8, 4) is 5.75 Å². The minimum Gasteiger partial charge on any atom is -0.484 e. The molecule has 1 amide bonds. The fraction of sp³-hybridized carbons (Fsp3) is 0.400. The van der Waals surface area contributed by atoms with E-state index in [1.807, 2.05) is 13.8 Å². The normalized spacial score (nSPS) is 12.2. The fourth-order valence-electron chi connectivity index (χ4n) is 1.86. The van der Waals surface area contributed by atoms with E-state index in [1.165, 1.54) is 0 Å². The van der Waals surface area contributed by atoms with E-state index in [1.54, 1.807) is 41.5 Å². The summed E-state index contributed by atoms with van der Waals surface area (Å²) in [7, 11) is 0. The molecule has 22 heavy (non-hydrogen) atoms. The number of carbonyl (C=O) groups excluding carboxylic acids is 1. The Labute approximate surface area is 134 Å². The van der Waals surface area contributed by atoms with Crippen LogP contribution in [0.4, 0.5) is 0 Å². The molecule has 0 fully saturated rings. The third-order valence-corrected chi connectivity index (χ3v) is 3.41. The lowest BCUT2D eigenvalue weighted by atomic mass is 10.0. The number of ether oxygens (including phenoxy) is 1. The molecule has 0 saturated heterocycles. The van der Waals surface area contributed by atoms with Crippen LogP contribution in [0, 0.1) is 5.92 Å². The Morgan fingerprint density at radius 1 is 1.27 bits per heavy atom. The van der Waals surface area contributed by atoms with Gasteiger partial charge in [0, 0.05) is 5.02 Å². The van der Waals surface area contributed by atoms with Crippen molar-refractivity contribution in [3.05, 3.63) is 41.7 Å². The molecule has 0 bridgehead atoms. The van der Waals surface area contributed by atoms with E-state index >= 15 is 0 Å². The Balaban J connectivity index is 1.84. The van der Waals surface area contributed by atoms with Crippen LogP contribution in [0.15, 0.2) is 36.7 Å². The predicted octanol–water partition coefficient (Wildman–Crippen LogP) is 2.15. The van der Waals surface area contributed by atoms with Crippen LogP contribution in [0.1, 0.15) is 13.8 Å². The number of rotatable bonds is 7. The van der Waals surface area contributed by atoms with Crippen molar-refractivity contribution >= 4 is 17.5 Å². The van der Waals surface area contributed by atoms with Crippen molar-refractivity contribution in [2.24, 2.45) is 5.92 Å². The molecule has 7 heteroatoms. The van der Waals surface area contributed by atoms with Gasteiger partial charge >= 0.3 is 0 Å². The van der Waals surface area contributed by atoms with Crippen LogP contribution in [0.2, 0.25) is 5.02 Å². The fourth-order valence-corrected chi connectivity index (χ4v) is 1.99. The van der Waals surface area contributed by atoms with Gasteiger partial charge in [0.15, 0.2) is 6.61 Å². The van der Waals surface area contributed by atoms with Gasteiger partial charge in [-0.15, -0.1) is 0 Å². The third-order valence-electron chi connectivity index (χ3n) is 3.16. The second-order valence-corrected chi connectivity index (χ2v) is 5.68. The number of hydrogen-bond acceptors (Lipinski definition) is 4. The molecule has 0 aliphatic rings. The smallest absolute Gasteiger partial charge is 0.258 e. The Morgan fingerprint density at radius 2 is 1.91 bits per heavy atom. The molecule has 1 heterocycles. The first-order chi connectivity index (χ1) is 10.5. The molecule has 118 valence electrons. The van der Waals surface area contributed by atoms with E-state index in [4.69, 9.17) is 16.3 Å². The number of carbonyl (C=O) groups is 1. The maximum absolute atomic E-state index is 12.0. The molecule has 1 aromatic heterocycles. The Bertz CT molecular complexity index is 584. The molecular weight excluding hydrogens is 304 g/mol. The Morgan fingerprint density at radius 3 is 2.50 bits per heavy atom. The summed E-state index contributed by atoms with van der Waals surface area (Å²) in [6.45, 7) is 4.55. The lowest BCUT2D eigenvalue weighted by Gasteiger charge is -2.21. The summed E-state index contributed by atoms with van der Waals surface area (Å²) in [5.74, 6) is 0.681. The van der Waals surface area contributed by atoms with Gasteiger partial charge < -0.3 is 10.1 Å². The number of nitrogens with zero attached hydrogens (tertiary/aromatic N) is 3. The van der Waals surface area contributed by atoms with Crippen molar-refractivity contribution in [1.29, 1.82) is 0 Å². The number of amides is 1. The average Bonchev–Trinajstić information content (AvgIpc) is 2.99. The van der Waals surface area contributed by atoms with E-state index in [-0.39, 0.29) is 24.5 Å². The zero-order valence-corrected chi connectivity index (χ0v) is 13.3. The number of aromatic nitrogens is 3. The van der Waals surface area contributed by atoms with Crippen molar-refractivity contribution in [1.82, 2.24) is 20.3 Å².